The molecule has 0 unspecified atom stereocenters. The monoisotopic (exact) mass is 415 g/mol. The number of benzene rings is 2. The number of para-hydroxylation sites is 1. The van der Waals surface area contributed by atoms with Gasteiger partial charge in [-0.1, -0.05) is 18.2 Å². The Labute approximate surface area is 179 Å². The lowest BCUT2D eigenvalue weighted by Crippen LogP contribution is -2.30. The third-order valence-corrected chi connectivity index (χ3v) is 5.21. The van der Waals surface area contributed by atoms with Crippen LogP contribution in [0.25, 0.3) is 11.8 Å². The van der Waals surface area contributed by atoms with Crippen molar-refractivity contribution in [3.63, 3.8) is 0 Å². The number of imide groups is 1. The van der Waals surface area contributed by atoms with E-state index in [0.29, 0.717) is 11.3 Å². The van der Waals surface area contributed by atoms with Gasteiger partial charge < -0.3 is 14.6 Å². The number of nitrogens with zero attached hydrogens (tertiary/aromatic N) is 2. The van der Waals surface area contributed by atoms with Crippen molar-refractivity contribution in [3.05, 3.63) is 88.9 Å². The van der Waals surface area contributed by atoms with E-state index in [4.69, 9.17) is 4.74 Å². The van der Waals surface area contributed by atoms with Gasteiger partial charge in [-0.3, -0.25) is 4.79 Å². The first-order valence-electron chi connectivity index (χ1n) is 9.70. The van der Waals surface area contributed by atoms with Crippen LogP contribution in [0, 0.1) is 13.8 Å². The van der Waals surface area contributed by atoms with Crippen molar-refractivity contribution in [1.29, 1.82) is 0 Å². The van der Waals surface area contributed by atoms with Gasteiger partial charge in [-0.15, -0.1) is 0 Å². The molecule has 0 atom stereocenters. The summed E-state index contributed by atoms with van der Waals surface area (Å²) in [7, 11) is 1.35. The molecule has 7 heteroatoms. The van der Waals surface area contributed by atoms with E-state index in [1.165, 1.54) is 7.11 Å². The number of amides is 3. The molecule has 1 aromatic heterocycles. The minimum absolute atomic E-state index is 0.218. The number of urea groups is 1. The quantitative estimate of drug-likeness (QED) is 0.397. The van der Waals surface area contributed by atoms with Gasteiger partial charge in [0.1, 0.15) is 5.70 Å². The van der Waals surface area contributed by atoms with Gasteiger partial charge in [0, 0.05) is 17.1 Å². The predicted molar refractivity (Wildman–Crippen MR) is 117 cm³/mol. The highest BCUT2D eigenvalue weighted by atomic mass is 16.5. The van der Waals surface area contributed by atoms with E-state index in [9.17, 15) is 14.4 Å². The lowest BCUT2D eigenvalue weighted by atomic mass is 10.2. The van der Waals surface area contributed by atoms with E-state index in [0.717, 1.165) is 27.5 Å². The zero-order valence-corrected chi connectivity index (χ0v) is 17.4. The lowest BCUT2D eigenvalue weighted by molar-refractivity contribution is -0.113. The van der Waals surface area contributed by atoms with Crippen LogP contribution in [-0.2, 0) is 9.53 Å². The summed E-state index contributed by atoms with van der Waals surface area (Å²) < 4.78 is 6.76. The molecule has 4 rings (SSSR count). The molecule has 1 N–H and O–H groups in total. The predicted octanol–water partition coefficient (Wildman–Crippen LogP) is 3.98. The Balaban J connectivity index is 1.66. The number of aryl methyl sites for hydroxylation is 1. The Morgan fingerprint density at radius 2 is 1.65 bits per heavy atom. The zero-order valence-electron chi connectivity index (χ0n) is 17.4. The van der Waals surface area contributed by atoms with Crippen LogP contribution < -0.4 is 10.2 Å². The first-order chi connectivity index (χ1) is 14.9. The average molecular weight is 415 g/mol. The molecule has 1 fully saturated rings. The molecule has 156 valence electrons. The number of carbonyl (C=O) groups excluding carboxylic acids is 3. The second-order valence-electron chi connectivity index (χ2n) is 7.16. The Hall–Kier alpha value is -4.13. The van der Waals surface area contributed by atoms with E-state index >= 15 is 0 Å². The van der Waals surface area contributed by atoms with Crippen molar-refractivity contribution >= 4 is 29.7 Å². The van der Waals surface area contributed by atoms with E-state index < -0.39 is 17.9 Å². The maximum atomic E-state index is 12.8. The van der Waals surface area contributed by atoms with Crippen LogP contribution in [0.4, 0.5) is 10.5 Å². The number of hydrogen-bond acceptors (Lipinski definition) is 4. The maximum absolute atomic E-state index is 12.8. The molecule has 0 saturated carbocycles. The summed E-state index contributed by atoms with van der Waals surface area (Å²) in [4.78, 5) is 38.0. The summed E-state index contributed by atoms with van der Waals surface area (Å²) >= 11 is 0. The van der Waals surface area contributed by atoms with Crippen LogP contribution in [0.3, 0.4) is 0 Å². The number of nitrogens with one attached hydrogen (secondary N) is 1. The van der Waals surface area contributed by atoms with Crippen LogP contribution in [0.2, 0.25) is 0 Å². The Morgan fingerprint density at radius 3 is 2.29 bits per heavy atom. The first-order valence-corrected chi connectivity index (χ1v) is 9.70. The van der Waals surface area contributed by atoms with Gasteiger partial charge in [-0.2, -0.15) is 0 Å². The summed E-state index contributed by atoms with van der Waals surface area (Å²) in [6, 6.07) is 17.3. The Morgan fingerprint density at radius 1 is 0.968 bits per heavy atom. The van der Waals surface area contributed by atoms with Crippen LogP contribution >= 0.6 is 0 Å². The smallest absolute Gasteiger partial charge is 0.337 e. The van der Waals surface area contributed by atoms with E-state index in [1.54, 1.807) is 42.5 Å². The standard InChI is InChI=1S/C24H21N3O4/c1-15-13-18(16(2)26(15)20-11-9-17(10-12-20)23(29)31-3)14-21-22(28)27(24(30)25-21)19-7-5-4-6-8-19/h4-14H,1-3H3,(H,25,30)/b21-14-. The number of rotatable bonds is 4. The molecule has 3 aromatic rings. The van der Waals surface area contributed by atoms with E-state index in [2.05, 4.69) is 5.32 Å². The van der Waals surface area contributed by atoms with Crippen molar-refractivity contribution < 1.29 is 19.1 Å². The fourth-order valence-corrected chi connectivity index (χ4v) is 3.70. The van der Waals surface area contributed by atoms with Crippen LogP contribution in [0.5, 0.6) is 0 Å². The second-order valence-corrected chi connectivity index (χ2v) is 7.16. The fraction of sp³-hybridized carbons (Fsp3) is 0.125. The summed E-state index contributed by atoms with van der Waals surface area (Å²) in [5.74, 6) is -0.792. The topological polar surface area (TPSA) is 80.6 Å². The summed E-state index contributed by atoms with van der Waals surface area (Å²) in [6.45, 7) is 3.89. The summed E-state index contributed by atoms with van der Waals surface area (Å²) in [6.07, 6.45) is 1.69. The first kappa shape index (κ1) is 20.2. The van der Waals surface area contributed by atoms with Crippen molar-refractivity contribution in [2.45, 2.75) is 13.8 Å². The normalized spacial score (nSPS) is 14.8. The molecule has 1 saturated heterocycles. The highest BCUT2D eigenvalue weighted by molar-refractivity contribution is 6.28. The van der Waals surface area contributed by atoms with Gasteiger partial charge in [-0.25, -0.2) is 14.5 Å². The van der Waals surface area contributed by atoms with Gasteiger partial charge in [0.15, 0.2) is 0 Å². The highest BCUT2D eigenvalue weighted by Crippen LogP contribution is 2.26. The van der Waals surface area contributed by atoms with Gasteiger partial charge in [0.2, 0.25) is 0 Å². The zero-order chi connectivity index (χ0) is 22.1. The molecule has 7 nitrogen and oxygen atoms in total. The largest absolute Gasteiger partial charge is 0.465 e. The molecular formula is C24H21N3O4. The minimum Gasteiger partial charge on any atom is -0.465 e. The highest BCUT2D eigenvalue weighted by Gasteiger charge is 2.34. The number of ether oxygens (including phenoxy) is 1. The minimum atomic E-state index is -0.477. The molecule has 0 aliphatic carbocycles. The van der Waals surface area contributed by atoms with Crippen molar-refractivity contribution in [2.24, 2.45) is 0 Å². The average Bonchev–Trinajstić information content (AvgIpc) is 3.22. The number of esters is 1. The van der Waals surface area contributed by atoms with Gasteiger partial charge >= 0.3 is 12.0 Å². The summed E-state index contributed by atoms with van der Waals surface area (Å²) in [5.41, 5.74) is 4.74. The molecule has 2 heterocycles. The van der Waals surface area contributed by atoms with Crippen LogP contribution in [-0.4, -0.2) is 29.6 Å². The SMILES string of the molecule is COC(=O)c1ccc(-n2c(C)cc(/C=C3\NC(=O)N(c4ccccc4)C3=O)c2C)cc1. The third kappa shape index (κ3) is 3.61. The number of aromatic nitrogens is 1. The van der Waals surface area contributed by atoms with Crippen molar-refractivity contribution in [2.75, 3.05) is 12.0 Å². The Kier molecular flexibility index (Phi) is 5.17. The van der Waals surface area contributed by atoms with E-state index in [1.807, 2.05) is 42.7 Å². The Bertz CT molecular complexity index is 1210. The van der Waals surface area contributed by atoms with Crippen LogP contribution in [0.15, 0.2) is 66.4 Å². The third-order valence-electron chi connectivity index (χ3n) is 5.21. The molecule has 1 aliphatic rings. The number of carbonyl (C=O) groups is 3. The molecule has 0 radical (unpaired) electrons. The maximum Gasteiger partial charge on any atom is 0.337 e. The van der Waals surface area contributed by atoms with Gasteiger partial charge in [0.25, 0.3) is 5.91 Å². The van der Waals surface area contributed by atoms with Crippen molar-refractivity contribution in [1.82, 2.24) is 9.88 Å². The number of anilines is 1. The van der Waals surface area contributed by atoms with E-state index in [-0.39, 0.29) is 5.70 Å². The molecule has 31 heavy (non-hydrogen) atoms. The second kappa shape index (κ2) is 7.95. The summed E-state index contributed by atoms with van der Waals surface area (Å²) in [5, 5.41) is 2.66. The molecule has 2 aromatic carbocycles. The lowest BCUT2D eigenvalue weighted by Gasteiger charge is -2.11. The number of methoxy groups -OCH3 is 1. The van der Waals surface area contributed by atoms with Gasteiger partial charge in [0.05, 0.1) is 18.4 Å². The van der Waals surface area contributed by atoms with Gasteiger partial charge in [-0.05, 0) is 68.0 Å². The van der Waals surface area contributed by atoms with Crippen LogP contribution in [0.1, 0.15) is 27.3 Å². The fourth-order valence-electron chi connectivity index (χ4n) is 3.70. The molecule has 3 amide bonds. The molecular weight excluding hydrogens is 394 g/mol. The molecule has 0 bridgehead atoms. The molecule has 0 spiro atoms. The van der Waals surface area contributed by atoms with Crippen molar-refractivity contribution in [3.8, 4) is 5.69 Å². The number of hydrogen-bond donors (Lipinski definition) is 1. The molecule has 1 aliphatic heterocycles.